The number of aryl methyl sites for hydroxylation is 2. The molecule has 0 bridgehead atoms. The molecule has 4 nitrogen and oxygen atoms in total. The summed E-state index contributed by atoms with van der Waals surface area (Å²) in [5, 5.41) is 3.08. The fraction of sp³-hybridized carbons (Fsp3) is 0.333. The summed E-state index contributed by atoms with van der Waals surface area (Å²) in [7, 11) is 1.68. The van der Waals surface area contributed by atoms with E-state index in [1.54, 1.807) is 7.11 Å². The summed E-state index contributed by atoms with van der Waals surface area (Å²) in [5.74, 6) is 1.50. The molecule has 4 heteroatoms. The zero-order valence-electron chi connectivity index (χ0n) is 11.8. The molecule has 19 heavy (non-hydrogen) atoms. The predicted octanol–water partition coefficient (Wildman–Crippen LogP) is 3.20. The topological polar surface area (TPSA) is 47.0 Å². The zero-order valence-corrected chi connectivity index (χ0v) is 11.8. The van der Waals surface area contributed by atoms with Crippen LogP contribution in [0.2, 0.25) is 0 Å². The van der Waals surface area contributed by atoms with Crippen molar-refractivity contribution in [2.45, 2.75) is 20.8 Å². The van der Waals surface area contributed by atoms with Crippen LogP contribution < -0.4 is 10.1 Å². The molecule has 0 saturated carbocycles. The number of aromatic nitrogens is 2. The Kier molecular flexibility index (Phi) is 4.00. The minimum atomic E-state index is 0.647. The third-order valence-corrected chi connectivity index (χ3v) is 3.11. The Labute approximate surface area is 113 Å². The quantitative estimate of drug-likeness (QED) is 0.913. The van der Waals surface area contributed by atoms with Gasteiger partial charge >= 0.3 is 0 Å². The molecule has 0 saturated heterocycles. The SMILES string of the molecule is CCNc1ncc(-c2cc(C)c(C)cc2OC)cn1. The Bertz CT molecular complexity index is 564. The minimum Gasteiger partial charge on any atom is -0.496 e. The van der Waals surface area contributed by atoms with Crippen molar-refractivity contribution in [2.75, 3.05) is 19.0 Å². The van der Waals surface area contributed by atoms with E-state index in [9.17, 15) is 0 Å². The molecule has 0 atom stereocenters. The molecular weight excluding hydrogens is 238 g/mol. The molecule has 0 radical (unpaired) electrons. The van der Waals surface area contributed by atoms with Gasteiger partial charge in [0.25, 0.3) is 0 Å². The van der Waals surface area contributed by atoms with E-state index in [-0.39, 0.29) is 0 Å². The maximum Gasteiger partial charge on any atom is 0.222 e. The van der Waals surface area contributed by atoms with Gasteiger partial charge < -0.3 is 10.1 Å². The van der Waals surface area contributed by atoms with Crippen molar-refractivity contribution in [3.63, 3.8) is 0 Å². The second-order valence-electron chi connectivity index (χ2n) is 4.46. The molecule has 1 N–H and O–H groups in total. The number of benzene rings is 1. The van der Waals surface area contributed by atoms with Crippen LogP contribution in [-0.2, 0) is 0 Å². The maximum absolute atomic E-state index is 5.44. The molecule has 2 rings (SSSR count). The van der Waals surface area contributed by atoms with Crippen molar-refractivity contribution in [3.8, 4) is 16.9 Å². The summed E-state index contributed by atoms with van der Waals surface area (Å²) < 4.78 is 5.44. The lowest BCUT2D eigenvalue weighted by Crippen LogP contribution is -2.01. The molecule has 0 amide bonds. The molecule has 100 valence electrons. The van der Waals surface area contributed by atoms with Gasteiger partial charge in [-0.15, -0.1) is 0 Å². The zero-order chi connectivity index (χ0) is 13.8. The first-order valence-corrected chi connectivity index (χ1v) is 6.37. The number of nitrogens with zero attached hydrogens (tertiary/aromatic N) is 2. The molecule has 0 spiro atoms. The van der Waals surface area contributed by atoms with Gasteiger partial charge in [-0.05, 0) is 44.0 Å². The van der Waals surface area contributed by atoms with E-state index in [4.69, 9.17) is 4.74 Å². The lowest BCUT2D eigenvalue weighted by Gasteiger charge is -2.12. The van der Waals surface area contributed by atoms with E-state index in [2.05, 4.69) is 35.2 Å². The summed E-state index contributed by atoms with van der Waals surface area (Å²) >= 11 is 0. The molecule has 1 heterocycles. The molecule has 1 aromatic carbocycles. The number of methoxy groups -OCH3 is 1. The van der Waals surface area contributed by atoms with Gasteiger partial charge in [-0.1, -0.05) is 0 Å². The number of hydrogen-bond acceptors (Lipinski definition) is 4. The van der Waals surface area contributed by atoms with Crippen LogP contribution in [0, 0.1) is 13.8 Å². The lowest BCUT2D eigenvalue weighted by molar-refractivity contribution is 0.416. The van der Waals surface area contributed by atoms with Gasteiger partial charge in [-0.2, -0.15) is 0 Å². The van der Waals surface area contributed by atoms with Crippen LogP contribution in [0.5, 0.6) is 5.75 Å². The second kappa shape index (κ2) is 5.69. The monoisotopic (exact) mass is 257 g/mol. The molecule has 0 aliphatic heterocycles. The Hall–Kier alpha value is -2.10. The minimum absolute atomic E-state index is 0.647. The van der Waals surface area contributed by atoms with Crippen LogP contribution in [0.25, 0.3) is 11.1 Å². The van der Waals surface area contributed by atoms with E-state index in [1.807, 2.05) is 25.4 Å². The fourth-order valence-corrected chi connectivity index (χ4v) is 1.90. The standard InChI is InChI=1S/C15H19N3O/c1-5-16-15-17-8-12(9-18-15)13-6-10(2)11(3)7-14(13)19-4/h6-9H,5H2,1-4H3,(H,16,17,18). The summed E-state index contributed by atoms with van der Waals surface area (Å²) in [6.45, 7) is 6.99. The van der Waals surface area contributed by atoms with Crippen LogP contribution in [0.15, 0.2) is 24.5 Å². The van der Waals surface area contributed by atoms with Gasteiger partial charge in [0.05, 0.1) is 7.11 Å². The maximum atomic E-state index is 5.44. The van der Waals surface area contributed by atoms with Gasteiger partial charge in [0.1, 0.15) is 5.75 Å². The Morgan fingerprint density at radius 2 is 1.74 bits per heavy atom. The average Bonchev–Trinajstić information content (AvgIpc) is 2.43. The van der Waals surface area contributed by atoms with Crippen LogP contribution in [0.3, 0.4) is 0 Å². The van der Waals surface area contributed by atoms with Crippen molar-refractivity contribution in [2.24, 2.45) is 0 Å². The summed E-state index contributed by atoms with van der Waals surface area (Å²) in [6.07, 6.45) is 3.63. The van der Waals surface area contributed by atoms with E-state index < -0.39 is 0 Å². The first kappa shape index (κ1) is 13.3. The largest absolute Gasteiger partial charge is 0.496 e. The highest BCUT2D eigenvalue weighted by Gasteiger charge is 2.09. The smallest absolute Gasteiger partial charge is 0.222 e. The molecule has 0 fully saturated rings. The van der Waals surface area contributed by atoms with Crippen LogP contribution in [-0.4, -0.2) is 23.6 Å². The van der Waals surface area contributed by atoms with Crippen molar-refractivity contribution in [3.05, 3.63) is 35.7 Å². The summed E-state index contributed by atoms with van der Waals surface area (Å²) in [4.78, 5) is 8.59. The number of hydrogen-bond donors (Lipinski definition) is 1. The predicted molar refractivity (Wildman–Crippen MR) is 77.7 cm³/mol. The van der Waals surface area contributed by atoms with Crippen molar-refractivity contribution < 1.29 is 4.74 Å². The normalized spacial score (nSPS) is 10.3. The van der Waals surface area contributed by atoms with Crippen molar-refractivity contribution >= 4 is 5.95 Å². The second-order valence-corrected chi connectivity index (χ2v) is 4.46. The highest BCUT2D eigenvalue weighted by molar-refractivity contribution is 5.71. The third-order valence-electron chi connectivity index (χ3n) is 3.11. The lowest BCUT2D eigenvalue weighted by atomic mass is 10.0. The van der Waals surface area contributed by atoms with Crippen LogP contribution in [0.1, 0.15) is 18.1 Å². The average molecular weight is 257 g/mol. The third kappa shape index (κ3) is 2.84. The Balaban J connectivity index is 2.43. The van der Waals surface area contributed by atoms with Gasteiger partial charge in [0, 0.05) is 30.1 Å². The Morgan fingerprint density at radius 1 is 1.11 bits per heavy atom. The number of ether oxygens (including phenoxy) is 1. The molecule has 0 aliphatic rings. The highest BCUT2D eigenvalue weighted by Crippen LogP contribution is 2.31. The number of nitrogens with one attached hydrogen (secondary N) is 1. The van der Waals surface area contributed by atoms with Gasteiger partial charge in [0.2, 0.25) is 5.95 Å². The van der Waals surface area contributed by atoms with Gasteiger partial charge in [-0.3, -0.25) is 0 Å². The van der Waals surface area contributed by atoms with E-state index in [0.29, 0.717) is 5.95 Å². The molecule has 0 unspecified atom stereocenters. The van der Waals surface area contributed by atoms with Crippen LogP contribution >= 0.6 is 0 Å². The van der Waals surface area contributed by atoms with Gasteiger partial charge in [-0.25, -0.2) is 9.97 Å². The first-order valence-electron chi connectivity index (χ1n) is 6.37. The van der Waals surface area contributed by atoms with Crippen LogP contribution in [0.4, 0.5) is 5.95 Å². The van der Waals surface area contributed by atoms with Crippen molar-refractivity contribution in [1.29, 1.82) is 0 Å². The number of anilines is 1. The molecule has 0 aliphatic carbocycles. The molecular formula is C15H19N3O. The number of rotatable bonds is 4. The molecule has 1 aromatic heterocycles. The summed E-state index contributed by atoms with van der Waals surface area (Å²) in [6, 6.07) is 4.16. The summed E-state index contributed by atoms with van der Waals surface area (Å²) in [5.41, 5.74) is 4.42. The van der Waals surface area contributed by atoms with Crippen molar-refractivity contribution in [1.82, 2.24) is 9.97 Å². The highest BCUT2D eigenvalue weighted by atomic mass is 16.5. The van der Waals surface area contributed by atoms with E-state index >= 15 is 0 Å². The first-order chi connectivity index (χ1) is 9.15. The van der Waals surface area contributed by atoms with Gasteiger partial charge in [0.15, 0.2) is 0 Å². The Morgan fingerprint density at radius 3 is 2.32 bits per heavy atom. The fourth-order valence-electron chi connectivity index (χ4n) is 1.90. The molecule has 2 aromatic rings. The van der Waals surface area contributed by atoms with E-state index in [1.165, 1.54) is 11.1 Å². The van der Waals surface area contributed by atoms with E-state index in [0.717, 1.165) is 23.4 Å².